The van der Waals surface area contributed by atoms with Gasteiger partial charge in [-0.2, -0.15) is 0 Å². The maximum Gasteiger partial charge on any atom is 0.163 e. The monoisotopic (exact) mass is 145 g/mol. The lowest BCUT2D eigenvalue weighted by Crippen LogP contribution is -2.34. The summed E-state index contributed by atoms with van der Waals surface area (Å²) in [6, 6.07) is 0.0572. The van der Waals surface area contributed by atoms with Crippen molar-refractivity contribution in [1.29, 1.82) is 0 Å². The number of hydrogen-bond donors (Lipinski definition) is 1. The summed E-state index contributed by atoms with van der Waals surface area (Å²) in [5.41, 5.74) is 5.61. The Morgan fingerprint density at radius 1 is 1.60 bits per heavy atom. The standard InChI is InChI=1S/C7H15NO2/c1-5(8)6-4-9-7(2,3)10-6/h5-6H,4,8H2,1-3H3/t5?,6-/m1/s1. The summed E-state index contributed by atoms with van der Waals surface area (Å²) in [4.78, 5) is 0. The lowest BCUT2D eigenvalue weighted by molar-refractivity contribution is -0.140. The average Bonchev–Trinajstić information content (AvgIpc) is 2.10. The maximum atomic E-state index is 5.61. The van der Waals surface area contributed by atoms with Crippen LogP contribution in [0.5, 0.6) is 0 Å². The zero-order valence-corrected chi connectivity index (χ0v) is 6.76. The molecule has 1 aliphatic heterocycles. The molecule has 1 heterocycles. The Balaban J connectivity index is 2.43. The number of ether oxygens (including phenoxy) is 2. The van der Waals surface area contributed by atoms with Crippen LogP contribution in [0.1, 0.15) is 20.8 Å². The second-order valence-electron chi connectivity index (χ2n) is 3.23. The van der Waals surface area contributed by atoms with E-state index in [0.29, 0.717) is 6.61 Å². The SMILES string of the molecule is CC(N)[C@H]1COC(C)(C)O1. The van der Waals surface area contributed by atoms with Gasteiger partial charge < -0.3 is 15.2 Å². The second-order valence-corrected chi connectivity index (χ2v) is 3.23. The number of rotatable bonds is 1. The molecule has 0 saturated carbocycles. The van der Waals surface area contributed by atoms with Crippen LogP contribution in [0, 0.1) is 0 Å². The van der Waals surface area contributed by atoms with Crippen LogP contribution < -0.4 is 5.73 Å². The summed E-state index contributed by atoms with van der Waals surface area (Å²) in [5, 5.41) is 0. The number of hydrogen-bond acceptors (Lipinski definition) is 3. The molecule has 0 bridgehead atoms. The zero-order valence-electron chi connectivity index (χ0n) is 6.76. The van der Waals surface area contributed by atoms with E-state index in [-0.39, 0.29) is 12.1 Å². The Morgan fingerprint density at radius 3 is 2.40 bits per heavy atom. The van der Waals surface area contributed by atoms with Crippen LogP contribution in [0.4, 0.5) is 0 Å². The first-order chi connectivity index (χ1) is 4.51. The van der Waals surface area contributed by atoms with Crippen molar-refractivity contribution in [2.24, 2.45) is 5.73 Å². The van der Waals surface area contributed by atoms with Gasteiger partial charge in [-0.1, -0.05) is 0 Å². The Hall–Kier alpha value is -0.120. The van der Waals surface area contributed by atoms with Gasteiger partial charge in [0.1, 0.15) is 0 Å². The van der Waals surface area contributed by atoms with Crippen LogP contribution in [0.2, 0.25) is 0 Å². The Morgan fingerprint density at radius 2 is 2.20 bits per heavy atom. The molecule has 0 radical (unpaired) electrons. The lowest BCUT2D eigenvalue weighted by Gasteiger charge is -2.18. The summed E-state index contributed by atoms with van der Waals surface area (Å²) >= 11 is 0. The molecule has 0 aromatic heterocycles. The van der Waals surface area contributed by atoms with E-state index < -0.39 is 5.79 Å². The highest BCUT2D eigenvalue weighted by molar-refractivity contribution is 4.76. The predicted molar refractivity (Wildman–Crippen MR) is 38.6 cm³/mol. The highest BCUT2D eigenvalue weighted by Crippen LogP contribution is 2.23. The largest absolute Gasteiger partial charge is 0.348 e. The molecule has 0 spiro atoms. The van der Waals surface area contributed by atoms with E-state index >= 15 is 0 Å². The van der Waals surface area contributed by atoms with Gasteiger partial charge in [0.15, 0.2) is 5.79 Å². The van der Waals surface area contributed by atoms with Crippen molar-refractivity contribution >= 4 is 0 Å². The van der Waals surface area contributed by atoms with Crippen LogP contribution in [0.25, 0.3) is 0 Å². The molecule has 1 unspecified atom stereocenters. The van der Waals surface area contributed by atoms with Crippen molar-refractivity contribution in [3.63, 3.8) is 0 Å². The second kappa shape index (κ2) is 2.49. The zero-order chi connectivity index (χ0) is 7.78. The molecule has 3 nitrogen and oxygen atoms in total. The van der Waals surface area contributed by atoms with E-state index in [1.165, 1.54) is 0 Å². The van der Waals surface area contributed by atoms with Gasteiger partial charge in [0, 0.05) is 6.04 Å². The molecule has 1 aliphatic rings. The summed E-state index contributed by atoms with van der Waals surface area (Å²) in [6.45, 7) is 6.34. The van der Waals surface area contributed by atoms with Gasteiger partial charge in [0.05, 0.1) is 12.7 Å². The molecule has 1 rings (SSSR count). The van der Waals surface area contributed by atoms with E-state index in [0.717, 1.165) is 0 Å². The van der Waals surface area contributed by atoms with E-state index in [4.69, 9.17) is 15.2 Å². The predicted octanol–water partition coefficient (Wildman–Crippen LogP) is 0.485. The summed E-state index contributed by atoms with van der Waals surface area (Å²) in [7, 11) is 0. The van der Waals surface area contributed by atoms with Crippen molar-refractivity contribution in [3.05, 3.63) is 0 Å². The molecule has 0 amide bonds. The lowest BCUT2D eigenvalue weighted by atomic mass is 10.2. The Bertz CT molecular complexity index is 123. The third kappa shape index (κ3) is 1.68. The van der Waals surface area contributed by atoms with Crippen LogP contribution in [-0.2, 0) is 9.47 Å². The first kappa shape index (κ1) is 7.98. The molecule has 1 saturated heterocycles. The molecular weight excluding hydrogens is 130 g/mol. The van der Waals surface area contributed by atoms with E-state index in [2.05, 4.69) is 0 Å². The third-order valence-electron chi connectivity index (χ3n) is 1.62. The fourth-order valence-corrected chi connectivity index (χ4v) is 0.975. The highest BCUT2D eigenvalue weighted by atomic mass is 16.7. The molecule has 10 heavy (non-hydrogen) atoms. The molecule has 0 aliphatic carbocycles. The Kier molecular flexibility index (Phi) is 1.99. The average molecular weight is 145 g/mol. The van der Waals surface area contributed by atoms with Gasteiger partial charge in [0.2, 0.25) is 0 Å². The molecule has 1 fully saturated rings. The molecule has 2 atom stereocenters. The fraction of sp³-hybridized carbons (Fsp3) is 1.00. The van der Waals surface area contributed by atoms with Gasteiger partial charge in [0.25, 0.3) is 0 Å². The summed E-state index contributed by atoms with van der Waals surface area (Å²) < 4.78 is 10.8. The molecule has 0 aromatic rings. The minimum absolute atomic E-state index is 0.0572. The number of nitrogens with two attached hydrogens (primary N) is 1. The van der Waals surface area contributed by atoms with Crippen molar-refractivity contribution in [2.75, 3.05) is 6.61 Å². The first-order valence-corrected chi connectivity index (χ1v) is 3.58. The summed E-state index contributed by atoms with van der Waals surface area (Å²) in [5.74, 6) is -0.432. The van der Waals surface area contributed by atoms with E-state index in [9.17, 15) is 0 Å². The fourth-order valence-electron chi connectivity index (χ4n) is 0.975. The Labute approximate surface area is 61.5 Å². The van der Waals surface area contributed by atoms with Crippen LogP contribution in [0.15, 0.2) is 0 Å². The van der Waals surface area contributed by atoms with Crippen LogP contribution >= 0.6 is 0 Å². The normalized spacial score (nSPS) is 34.2. The molecule has 3 heteroatoms. The van der Waals surface area contributed by atoms with Gasteiger partial charge in [-0.15, -0.1) is 0 Å². The van der Waals surface area contributed by atoms with Crippen molar-refractivity contribution < 1.29 is 9.47 Å². The maximum absolute atomic E-state index is 5.61. The van der Waals surface area contributed by atoms with Gasteiger partial charge in [-0.3, -0.25) is 0 Å². The summed E-state index contributed by atoms with van der Waals surface area (Å²) in [6.07, 6.45) is 0.0648. The quantitative estimate of drug-likeness (QED) is 0.584. The molecule has 2 N–H and O–H groups in total. The molecular formula is C7H15NO2. The van der Waals surface area contributed by atoms with Gasteiger partial charge in [-0.05, 0) is 20.8 Å². The van der Waals surface area contributed by atoms with Crippen molar-refractivity contribution in [3.8, 4) is 0 Å². The minimum Gasteiger partial charge on any atom is -0.348 e. The van der Waals surface area contributed by atoms with Crippen molar-refractivity contribution in [1.82, 2.24) is 0 Å². The van der Waals surface area contributed by atoms with Crippen LogP contribution in [0.3, 0.4) is 0 Å². The third-order valence-corrected chi connectivity index (χ3v) is 1.62. The van der Waals surface area contributed by atoms with E-state index in [1.54, 1.807) is 0 Å². The smallest absolute Gasteiger partial charge is 0.163 e. The topological polar surface area (TPSA) is 44.5 Å². The van der Waals surface area contributed by atoms with Gasteiger partial charge in [-0.25, -0.2) is 0 Å². The molecule has 60 valence electrons. The minimum atomic E-state index is -0.432. The van der Waals surface area contributed by atoms with E-state index in [1.807, 2.05) is 20.8 Å². The van der Waals surface area contributed by atoms with Crippen LogP contribution in [-0.4, -0.2) is 24.5 Å². The van der Waals surface area contributed by atoms with Crippen molar-refractivity contribution in [2.45, 2.75) is 38.7 Å². The first-order valence-electron chi connectivity index (χ1n) is 3.58. The highest BCUT2D eigenvalue weighted by Gasteiger charge is 2.34. The molecule has 0 aromatic carbocycles. The van der Waals surface area contributed by atoms with Gasteiger partial charge >= 0.3 is 0 Å².